The molecule has 0 bridgehead atoms. The number of nitrogens with one attached hydrogen (secondary N) is 1. The molecule has 1 aliphatic rings. The molecule has 0 fully saturated rings. The Balaban J connectivity index is 2.51. The van der Waals surface area contributed by atoms with E-state index in [1.807, 2.05) is 12.1 Å². The molecule has 1 aromatic rings. The van der Waals surface area contributed by atoms with Crippen molar-refractivity contribution in [3.8, 4) is 0 Å². The van der Waals surface area contributed by atoms with Crippen LogP contribution in [0.3, 0.4) is 0 Å². The predicted octanol–water partition coefficient (Wildman–Crippen LogP) is 1.40. The second kappa shape index (κ2) is 3.34. The van der Waals surface area contributed by atoms with Gasteiger partial charge in [0.05, 0.1) is 0 Å². The number of hydrogen-bond acceptors (Lipinski definition) is 2. The van der Waals surface area contributed by atoms with Crippen LogP contribution in [0.15, 0.2) is 24.3 Å². The quantitative estimate of drug-likeness (QED) is 0.626. The summed E-state index contributed by atoms with van der Waals surface area (Å²) < 4.78 is 0. The van der Waals surface area contributed by atoms with Gasteiger partial charge in [-0.25, -0.2) is 0 Å². The molecule has 0 spiro atoms. The van der Waals surface area contributed by atoms with Gasteiger partial charge in [0.25, 0.3) is 0 Å². The van der Waals surface area contributed by atoms with Crippen molar-refractivity contribution in [2.24, 2.45) is 0 Å². The van der Waals surface area contributed by atoms with Crippen LogP contribution in [0.1, 0.15) is 5.56 Å². The standard InChI is InChI=1S/C10H12N2S/c1-12-7-6-11-10(13)8-4-2-3-5-9(8)12/h2-5H,6-7H2,1H3,(H,11,13). The van der Waals surface area contributed by atoms with Gasteiger partial charge in [-0.05, 0) is 12.1 Å². The molecule has 0 saturated carbocycles. The molecule has 0 amide bonds. The second-order valence-electron chi connectivity index (χ2n) is 3.19. The van der Waals surface area contributed by atoms with E-state index in [2.05, 4.69) is 29.4 Å². The van der Waals surface area contributed by atoms with Gasteiger partial charge in [0.1, 0.15) is 4.99 Å². The molecule has 2 rings (SSSR count). The van der Waals surface area contributed by atoms with E-state index < -0.39 is 0 Å². The minimum atomic E-state index is 0.861. The Hall–Kier alpha value is -1.09. The van der Waals surface area contributed by atoms with Gasteiger partial charge in [0.15, 0.2) is 0 Å². The maximum absolute atomic E-state index is 5.26. The number of hydrogen-bond donors (Lipinski definition) is 1. The fourth-order valence-corrected chi connectivity index (χ4v) is 1.83. The zero-order chi connectivity index (χ0) is 9.26. The summed E-state index contributed by atoms with van der Waals surface area (Å²) in [5.74, 6) is 0. The normalized spacial score (nSPS) is 16.1. The highest BCUT2D eigenvalue weighted by atomic mass is 32.1. The summed E-state index contributed by atoms with van der Waals surface area (Å²) in [6, 6.07) is 8.23. The first-order valence-electron chi connectivity index (χ1n) is 4.37. The highest BCUT2D eigenvalue weighted by Crippen LogP contribution is 2.20. The Morgan fingerprint density at radius 3 is 3.00 bits per heavy atom. The summed E-state index contributed by atoms with van der Waals surface area (Å²) in [7, 11) is 2.09. The summed E-state index contributed by atoms with van der Waals surface area (Å²) in [5.41, 5.74) is 2.36. The first-order chi connectivity index (χ1) is 6.29. The monoisotopic (exact) mass is 192 g/mol. The van der Waals surface area contributed by atoms with Gasteiger partial charge in [-0.2, -0.15) is 0 Å². The van der Waals surface area contributed by atoms with Gasteiger partial charge >= 0.3 is 0 Å². The molecular weight excluding hydrogens is 180 g/mol. The van der Waals surface area contributed by atoms with Crippen LogP contribution in [0.4, 0.5) is 5.69 Å². The molecule has 13 heavy (non-hydrogen) atoms. The first-order valence-corrected chi connectivity index (χ1v) is 4.78. The molecule has 0 aromatic heterocycles. The summed E-state index contributed by atoms with van der Waals surface area (Å²) in [6.07, 6.45) is 0. The van der Waals surface area contributed by atoms with E-state index >= 15 is 0 Å². The zero-order valence-electron chi connectivity index (χ0n) is 7.58. The van der Waals surface area contributed by atoms with Gasteiger partial charge in [0, 0.05) is 31.4 Å². The molecule has 0 atom stereocenters. The highest BCUT2D eigenvalue weighted by Gasteiger charge is 2.13. The van der Waals surface area contributed by atoms with Crippen LogP contribution in [0.5, 0.6) is 0 Å². The summed E-state index contributed by atoms with van der Waals surface area (Å²) in [4.78, 5) is 3.08. The molecule has 0 radical (unpaired) electrons. The van der Waals surface area contributed by atoms with Crippen molar-refractivity contribution in [3.63, 3.8) is 0 Å². The Labute approximate surface area is 83.6 Å². The number of nitrogens with zero attached hydrogens (tertiary/aromatic N) is 1. The number of para-hydroxylation sites is 1. The smallest absolute Gasteiger partial charge is 0.108 e. The Kier molecular flexibility index (Phi) is 2.19. The SMILES string of the molecule is CN1CCNC(=S)c2ccccc21. The Morgan fingerprint density at radius 1 is 1.38 bits per heavy atom. The Morgan fingerprint density at radius 2 is 2.15 bits per heavy atom. The molecule has 1 aliphatic heterocycles. The van der Waals surface area contributed by atoms with E-state index in [9.17, 15) is 0 Å². The lowest BCUT2D eigenvalue weighted by molar-refractivity contribution is 0.843. The van der Waals surface area contributed by atoms with Gasteiger partial charge in [-0.1, -0.05) is 24.4 Å². The van der Waals surface area contributed by atoms with Crippen LogP contribution in [0.2, 0.25) is 0 Å². The number of benzene rings is 1. The Bertz CT molecular complexity index is 335. The van der Waals surface area contributed by atoms with E-state index in [0.29, 0.717) is 0 Å². The zero-order valence-corrected chi connectivity index (χ0v) is 8.40. The third-order valence-electron chi connectivity index (χ3n) is 2.29. The first kappa shape index (κ1) is 8.51. The molecule has 0 saturated heterocycles. The van der Waals surface area contributed by atoms with Gasteiger partial charge in [-0.15, -0.1) is 0 Å². The third kappa shape index (κ3) is 1.52. The fraction of sp³-hybridized carbons (Fsp3) is 0.300. The van der Waals surface area contributed by atoms with Crippen molar-refractivity contribution in [1.29, 1.82) is 0 Å². The summed E-state index contributed by atoms with van der Waals surface area (Å²) in [5, 5.41) is 3.22. The van der Waals surface area contributed by atoms with Crippen LogP contribution >= 0.6 is 12.2 Å². The number of rotatable bonds is 0. The molecule has 1 N–H and O–H groups in total. The lowest BCUT2D eigenvalue weighted by Gasteiger charge is -2.17. The van der Waals surface area contributed by atoms with Crippen LogP contribution in [0.25, 0.3) is 0 Å². The molecule has 0 unspecified atom stereocenters. The van der Waals surface area contributed by atoms with E-state index in [1.54, 1.807) is 0 Å². The highest BCUT2D eigenvalue weighted by molar-refractivity contribution is 7.80. The van der Waals surface area contributed by atoms with Gasteiger partial charge in [-0.3, -0.25) is 0 Å². The maximum atomic E-state index is 5.26. The molecule has 68 valence electrons. The largest absolute Gasteiger partial charge is 0.374 e. The lowest BCUT2D eigenvalue weighted by atomic mass is 10.1. The number of fused-ring (bicyclic) bond motifs is 1. The molecule has 3 heteroatoms. The van der Waals surface area contributed by atoms with Crippen molar-refractivity contribution < 1.29 is 0 Å². The van der Waals surface area contributed by atoms with Crippen LogP contribution in [-0.2, 0) is 0 Å². The van der Waals surface area contributed by atoms with E-state index in [1.165, 1.54) is 5.69 Å². The topological polar surface area (TPSA) is 15.3 Å². The maximum Gasteiger partial charge on any atom is 0.108 e. The van der Waals surface area contributed by atoms with Crippen molar-refractivity contribution in [2.75, 3.05) is 25.0 Å². The molecule has 0 aliphatic carbocycles. The van der Waals surface area contributed by atoms with Crippen molar-refractivity contribution in [1.82, 2.24) is 5.32 Å². The summed E-state index contributed by atoms with van der Waals surface area (Å²) in [6.45, 7) is 1.92. The predicted molar refractivity (Wildman–Crippen MR) is 59.4 cm³/mol. The molecular formula is C10H12N2S. The van der Waals surface area contributed by atoms with E-state index in [0.717, 1.165) is 23.6 Å². The van der Waals surface area contributed by atoms with Crippen molar-refractivity contribution in [2.45, 2.75) is 0 Å². The van der Waals surface area contributed by atoms with Crippen LogP contribution in [0, 0.1) is 0 Å². The van der Waals surface area contributed by atoms with Crippen molar-refractivity contribution >= 4 is 22.9 Å². The van der Waals surface area contributed by atoms with Crippen LogP contribution < -0.4 is 10.2 Å². The fourth-order valence-electron chi connectivity index (χ4n) is 1.55. The van der Waals surface area contributed by atoms with Crippen LogP contribution in [-0.4, -0.2) is 25.1 Å². The average Bonchev–Trinajstić information content (AvgIpc) is 2.29. The third-order valence-corrected chi connectivity index (χ3v) is 2.66. The number of thiocarbonyl (C=S) groups is 1. The van der Waals surface area contributed by atoms with E-state index in [-0.39, 0.29) is 0 Å². The van der Waals surface area contributed by atoms with Crippen molar-refractivity contribution in [3.05, 3.63) is 29.8 Å². The van der Waals surface area contributed by atoms with E-state index in [4.69, 9.17) is 12.2 Å². The molecule has 1 heterocycles. The van der Waals surface area contributed by atoms with Gasteiger partial charge < -0.3 is 10.2 Å². The summed E-state index contributed by atoms with van der Waals surface area (Å²) >= 11 is 5.26. The minimum absolute atomic E-state index is 0.861. The lowest BCUT2D eigenvalue weighted by Crippen LogP contribution is -2.26. The number of likely N-dealkylation sites (N-methyl/N-ethyl adjacent to an activating group) is 1. The average molecular weight is 192 g/mol. The second-order valence-corrected chi connectivity index (χ2v) is 3.60. The molecule has 2 nitrogen and oxygen atoms in total. The molecule has 1 aromatic carbocycles. The minimum Gasteiger partial charge on any atom is -0.374 e. The van der Waals surface area contributed by atoms with Gasteiger partial charge in [0.2, 0.25) is 0 Å². The number of anilines is 1.